The molecule has 4 aromatic rings. The molecule has 0 unspecified atom stereocenters. The second-order valence-corrected chi connectivity index (χ2v) is 11.4. The Bertz CT molecular complexity index is 1450. The number of carbonyl (C=O) groups is 1. The SMILES string of the molecule is COc1cccc(CNC(=O)N2Cc3c(sc4c3CCCC4)-n3cccc3[C@H]2c2ccc(N(C)C)cc2)c1. The molecule has 2 aromatic carbocycles. The largest absolute Gasteiger partial charge is 0.497 e. The van der Waals surface area contributed by atoms with E-state index in [2.05, 4.69) is 57.4 Å². The van der Waals surface area contributed by atoms with E-state index in [-0.39, 0.29) is 12.1 Å². The maximum atomic E-state index is 14.0. The second-order valence-electron chi connectivity index (χ2n) is 10.3. The number of aromatic nitrogens is 1. The van der Waals surface area contributed by atoms with Crippen molar-refractivity contribution < 1.29 is 9.53 Å². The third-order valence-corrected chi connectivity index (χ3v) is 9.08. The molecule has 196 valence electrons. The van der Waals surface area contributed by atoms with Gasteiger partial charge in [0.15, 0.2) is 0 Å². The van der Waals surface area contributed by atoms with Crippen molar-refractivity contribution >= 4 is 23.1 Å². The van der Waals surface area contributed by atoms with Crippen LogP contribution in [0.2, 0.25) is 0 Å². The molecule has 2 aliphatic rings. The summed E-state index contributed by atoms with van der Waals surface area (Å²) in [5, 5.41) is 4.49. The molecule has 2 amide bonds. The third-order valence-electron chi connectivity index (χ3n) is 7.74. The maximum Gasteiger partial charge on any atom is 0.318 e. The minimum atomic E-state index is -0.203. The number of nitrogens with zero attached hydrogens (tertiary/aromatic N) is 3. The lowest BCUT2D eigenvalue weighted by atomic mass is 9.95. The molecular formula is C31H34N4O2S. The molecule has 0 fully saturated rings. The average molecular weight is 527 g/mol. The van der Waals surface area contributed by atoms with E-state index in [1.54, 1.807) is 7.11 Å². The van der Waals surface area contributed by atoms with Gasteiger partial charge in [-0.2, -0.15) is 0 Å². The number of hydrogen-bond acceptors (Lipinski definition) is 4. The number of fused-ring (bicyclic) bond motifs is 5. The van der Waals surface area contributed by atoms with Gasteiger partial charge in [-0.1, -0.05) is 24.3 Å². The Labute approximate surface area is 228 Å². The van der Waals surface area contributed by atoms with Crippen molar-refractivity contribution in [2.75, 3.05) is 26.1 Å². The molecule has 0 saturated carbocycles. The molecule has 0 spiro atoms. The summed E-state index contributed by atoms with van der Waals surface area (Å²) in [6, 6.07) is 20.5. The summed E-state index contributed by atoms with van der Waals surface area (Å²) in [6.45, 7) is 1.03. The van der Waals surface area contributed by atoms with E-state index >= 15 is 0 Å². The number of amides is 2. The highest BCUT2D eigenvalue weighted by atomic mass is 32.1. The summed E-state index contributed by atoms with van der Waals surface area (Å²) in [5.41, 5.74) is 7.15. The van der Waals surface area contributed by atoms with Gasteiger partial charge in [0.25, 0.3) is 0 Å². The fourth-order valence-corrected chi connectivity index (χ4v) is 7.16. The van der Waals surface area contributed by atoms with Gasteiger partial charge in [-0.15, -0.1) is 11.3 Å². The van der Waals surface area contributed by atoms with Gasteiger partial charge in [0.1, 0.15) is 10.8 Å². The predicted octanol–water partition coefficient (Wildman–Crippen LogP) is 6.31. The number of carbonyl (C=O) groups excluding carboxylic acids is 1. The summed E-state index contributed by atoms with van der Waals surface area (Å²) in [6.07, 6.45) is 6.86. The average Bonchev–Trinajstić information content (AvgIpc) is 3.54. The first kappa shape index (κ1) is 24.6. The lowest BCUT2D eigenvalue weighted by Gasteiger charge is -2.31. The van der Waals surface area contributed by atoms with Crippen molar-refractivity contribution in [2.24, 2.45) is 0 Å². The van der Waals surface area contributed by atoms with Crippen molar-refractivity contribution in [2.45, 2.75) is 44.8 Å². The van der Waals surface area contributed by atoms with Crippen molar-refractivity contribution in [1.29, 1.82) is 0 Å². The number of benzene rings is 2. The summed E-state index contributed by atoms with van der Waals surface area (Å²) in [4.78, 5) is 19.7. The van der Waals surface area contributed by atoms with Crippen LogP contribution in [0, 0.1) is 0 Å². The molecule has 3 heterocycles. The number of urea groups is 1. The number of ether oxygens (including phenoxy) is 1. The molecule has 38 heavy (non-hydrogen) atoms. The van der Waals surface area contributed by atoms with Gasteiger partial charge >= 0.3 is 6.03 Å². The number of aryl methyl sites for hydroxylation is 1. The Morgan fingerprint density at radius 3 is 2.66 bits per heavy atom. The second kappa shape index (κ2) is 10.2. The smallest absolute Gasteiger partial charge is 0.318 e. The Morgan fingerprint density at radius 2 is 1.87 bits per heavy atom. The van der Waals surface area contributed by atoms with Crippen LogP contribution in [-0.4, -0.2) is 36.7 Å². The van der Waals surface area contributed by atoms with Crippen LogP contribution < -0.4 is 15.0 Å². The van der Waals surface area contributed by atoms with Gasteiger partial charge in [0.2, 0.25) is 0 Å². The number of methoxy groups -OCH3 is 1. The molecular weight excluding hydrogens is 492 g/mol. The van der Waals surface area contributed by atoms with Crippen LogP contribution in [-0.2, 0) is 25.9 Å². The summed E-state index contributed by atoms with van der Waals surface area (Å²) in [7, 11) is 5.76. The zero-order chi connectivity index (χ0) is 26.2. The van der Waals surface area contributed by atoms with Gasteiger partial charge in [-0.25, -0.2) is 4.79 Å². The number of thiophene rings is 1. The van der Waals surface area contributed by atoms with E-state index < -0.39 is 0 Å². The van der Waals surface area contributed by atoms with Gasteiger partial charge in [-0.05, 0) is 78.8 Å². The molecule has 1 aliphatic heterocycles. The van der Waals surface area contributed by atoms with Crippen LogP contribution in [0.3, 0.4) is 0 Å². The highest BCUT2D eigenvalue weighted by Gasteiger charge is 2.36. The first-order valence-electron chi connectivity index (χ1n) is 13.3. The predicted molar refractivity (Wildman–Crippen MR) is 154 cm³/mol. The van der Waals surface area contributed by atoms with E-state index in [4.69, 9.17) is 4.74 Å². The van der Waals surface area contributed by atoms with E-state index in [9.17, 15) is 4.79 Å². The van der Waals surface area contributed by atoms with Crippen molar-refractivity contribution in [3.63, 3.8) is 0 Å². The summed E-state index contributed by atoms with van der Waals surface area (Å²) in [5.74, 6) is 0.790. The molecule has 2 aromatic heterocycles. The van der Waals surface area contributed by atoms with Gasteiger partial charge in [-0.3, -0.25) is 0 Å². The van der Waals surface area contributed by atoms with Crippen LogP contribution in [0.25, 0.3) is 5.00 Å². The Morgan fingerprint density at radius 1 is 1.05 bits per heavy atom. The molecule has 6 rings (SSSR count). The van der Waals surface area contributed by atoms with Crippen LogP contribution in [0.15, 0.2) is 66.9 Å². The molecule has 0 saturated heterocycles. The highest BCUT2D eigenvalue weighted by molar-refractivity contribution is 7.15. The van der Waals surface area contributed by atoms with Crippen LogP contribution >= 0.6 is 11.3 Å². The molecule has 0 bridgehead atoms. The van der Waals surface area contributed by atoms with Crippen molar-refractivity contribution in [3.05, 3.63) is 99.7 Å². The standard InChI is InChI=1S/C31H34N4O2S/c1-33(2)23-15-13-22(14-16-23)29-27-11-7-17-34(27)30-26(25-10-4-5-12-28(25)38-30)20-35(29)31(36)32-19-21-8-6-9-24(18-21)37-3/h6-9,11,13-18,29H,4-5,10,12,19-20H2,1-3H3,(H,32,36)/t29-/m1/s1. The number of hydrogen-bond donors (Lipinski definition) is 1. The Balaban J connectivity index is 1.41. The van der Waals surface area contributed by atoms with Crippen LogP contribution in [0.5, 0.6) is 5.75 Å². The molecule has 0 radical (unpaired) electrons. The highest BCUT2D eigenvalue weighted by Crippen LogP contribution is 2.44. The van der Waals surface area contributed by atoms with Crippen LogP contribution in [0.4, 0.5) is 10.5 Å². The van der Waals surface area contributed by atoms with Gasteiger partial charge < -0.3 is 24.4 Å². The fourth-order valence-electron chi connectivity index (χ4n) is 5.75. The lowest BCUT2D eigenvalue weighted by molar-refractivity contribution is 0.180. The third kappa shape index (κ3) is 4.45. The van der Waals surface area contributed by atoms with Crippen molar-refractivity contribution in [3.8, 4) is 10.8 Å². The number of nitrogens with one attached hydrogen (secondary N) is 1. The maximum absolute atomic E-state index is 14.0. The molecule has 1 N–H and O–H groups in total. The quantitative estimate of drug-likeness (QED) is 0.332. The number of rotatable bonds is 5. The Kier molecular flexibility index (Phi) is 6.62. The summed E-state index contributed by atoms with van der Waals surface area (Å²) >= 11 is 1.91. The topological polar surface area (TPSA) is 49.7 Å². The zero-order valence-electron chi connectivity index (χ0n) is 22.2. The van der Waals surface area contributed by atoms with E-state index in [0.717, 1.165) is 41.1 Å². The molecule has 6 nitrogen and oxygen atoms in total. The van der Waals surface area contributed by atoms with Gasteiger partial charge in [0, 0.05) is 43.0 Å². The number of anilines is 1. The molecule has 1 atom stereocenters. The molecule has 7 heteroatoms. The fraction of sp³-hybridized carbons (Fsp3) is 0.323. The summed E-state index contributed by atoms with van der Waals surface area (Å²) < 4.78 is 7.71. The van der Waals surface area contributed by atoms with Crippen molar-refractivity contribution in [1.82, 2.24) is 14.8 Å². The lowest BCUT2D eigenvalue weighted by Crippen LogP contribution is -2.41. The van der Waals surface area contributed by atoms with Gasteiger partial charge in [0.05, 0.1) is 25.4 Å². The normalized spacial score (nSPS) is 16.2. The zero-order valence-corrected chi connectivity index (χ0v) is 23.1. The monoisotopic (exact) mass is 526 g/mol. The minimum Gasteiger partial charge on any atom is -0.497 e. The Hall–Kier alpha value is -3.71. The molecule has 1 aliphatic carbocycles. The first-order chi connectivity index (χ1) is 18.5. The minimum absolute atomic E-state index is 0.0640. The van der Waals surface area contributed by atoms with E-state index in [0.29, 0.717) is 13.1 Å². The van der Waals surface area contributed by atoms with E-state index in [1.807, 2.05) is 54.6 Å². The first-order valence-corrected chi connectivity index (χ1v) is 14.1. The van der Waals surface area contributed by atoms with E-state index in [1.165, 1.54) is 33.8 Å². The van der Waals surface area contributed by atoms with Crippen LogP contribution in [0.1, 0.15) is 51.7 Å².